The van der Waals surface area contributed by atoms with Crippen molar-refractivity contribution in [1.29, 1.82) is 0 Å². The largest absolute Gasteiger partial charge is 0.461 e. The summed E-state index contributed by atoms with van der Waals surface area (Å²) < 4.78 is 10.7. The van der Waals surface area contributed by atoms with Gasteiger partial charge in [0.1, 0.15) is 5.82 Å². The van der Waals surface area contributed by atoms with Gasteiger partial charge in [-0.1, -0.05) is 35.5 Å². The Morgan fingerprint density at radius 1 is 1.11 bits per heavy atom. The number of aromatic amines is 1. The highest BCUT2D eigenvalue weighted by Gasteiger charge is 2.22. The van der Waals surface area contributed by atoms with Crippen molar-refractivity contribution < 1.29 is 8.94 Å². The molecule has 0 spiro atoms. The standard InChI is InChI=1S/C21H18N4O3/c26-21-16-13-25(12-15-11-19(28-24-15)18-7-4-10-27-18)9-8-17(16)22-20(23-21)14-5-2-1-3-6-14/h1-7,10-11H,8-9,12-13H2,(H,22,23,26). The van der Waals surface area contributed by atoms with Crippen molar-refractivity contribution in [2.24, 2.45) is 0 Å². The Morgan fingerprint density at radius 3 is 2.82 bits per heavy atom. The summed E-state index contributed by atoms with van der Waals surface area (Å²) in [5.74, 6) is 1.87. The average Bonchev–Trinajstić information content (AvgIpc) is 3.41. The molecule has 0 radical (unpaired) electrons. The second-order valence-corrected chi connectivity index (χ2v) is 6.83. The van der Waals surface area contributed by atoms with Crippen LogP contribution < -0.4 is 5.56 Å². The van der Waals surface area contributed by atoms with E-state index in [0.717, 1.165) is 35.5 Å². The molecule has 28 heavy (non-hydrogen) atoms. The van der Waals surface area contributed by atoms with Crippen LogP contribution in [0, 0.1) is 0 Å². The molecule has 0 aliphatic carbocycles. The molecule has 0 fully saturated rings. The molecule has 140 valence electrons. The summed E-state index contributed by atoms with van der Waals surface area (Å²) in [4.78, 5) is 22.4. The highest BCUT2D eigenvalue weighted by Crippen LogP contribution is 2.23. The first-order valence-corrected chi connectivity index (χ1v) is 9.15. The van der Waals surface area contributed by atoms with Crippen molar-refractivity contribution in [2.75, 3.05) is 6.54 Å². The number of rotatable bonds is 4. The molecule has 0 unspecified atom stereocenters. The minimum Gasteiger partial charge on any atom is -0.461 e. The zero-order valence-electron chi connectivity index (χ0n) is 15.1. The monoisotopic (exact) mass is 374 g/mol. The number of fused-ring (bicyclic) bond motifs is 1. The number of aromatic nitrogens is 3. The van der Waals surface area contributed by atoms with E-state index in [0.29, 0.717) is 30.4 Å². The molecule has 4 heterocycles. The Hall–Kier alpha value is -3.45. The predicted octanol–water partition coefficient (Wildman–Crippen LogP) is 3.24. The fraction of sp³-hybridized carbons (Fsp3) is 0.190. The third-order valence-electron chi connectivity index (χ3n) is 4.90. The van der Waals surface area contributed by atoms with Crippen molar-refractivity contribution in [3.63, 3.8) is 0 Å². The normalized spacial score (nSPS) is 14.1. The second-order valence-electron chi connectivity index (χ2n) is 6.83. The van der Waals surface area contributed by atoms with Crippen LogP contribution in [0.15, 0.2) is 68.5 Å². The van der Waals surface area contributed by atoms with E-state index in [1.165, 1.54) is 0 Å². The van der Waals surface area contributed by atoms with Crippen molar-refractivity contribution in [3.05, 3.63) is 82.1 Å². The van der Waals surface area contributed by atoms with E-state index in [9.17, 15) is 4.79 Å². The molecule has 7 nitrogen and oxygen atoms in total. The maximum absolute atomic E-state index is 12.6. The van der Waals surface area contributed by atoms with Crippen LogP contribution in [0.25, 0.3) is 22.9 Å². The molecule has 0 saturated heterocycles. The first-order chi connectivity index (χ1) is 13.8. The van der Waals surface area contributed by atoms with E-state index < -0.39 is 0 Å². The Kier molecular flexibility index (Phi) is 4.14. The summed E-state index contributed by atoms with van der Waals surface area (Å²) in [6.45, 7) is 1.94. The highest BCUT2D eigenvalue weighted by molar-refractivity contribution is 5.54. The van der Waals surface area contributed by atoms with Gasteiger partial charge in [-0.3, -0.25) is 9.69 Å². The fourth-order valence-electron chi connectivity index (χ4n) is 3.50. The van der Waals surface area contributed by atoms with Crippen LogP contribution >= 0.6 is 0 Å². The SMILES string of the molecule is O=c1[nH]c(-c2ccccc2)nc2c1CN(Cc1cc(-c3ccco3)on1)CC2. The minimum atomic E-state index is -0.0787. The van der Waals surface area contributed by atoms with Crippen LogP contribution in [-0.2, 0) is 19.5 Å². The summed E-state index contributed by atoms with van der Waals surface area (Å²) in [5, 5.41) is 4.12. The molecule has 7 heteroatoms. The quantitative estimate of drug-likeness (QED) is 0.590. The lowest BCUT2D eigenvalue weighted by Gasteiger charge is -2.26. The van der Waals surface area contributed by atoms with Gasteiger partial charge >= 0.3 is 0 Å². The topological polar surface area (TPSA) is 88.2 Å². The van der Waals surface area contributed by atoms with E-state index >= 15 is 0 Å². The molecule has 4 aromatic rings. The lowest BCUT2D eigenvalue weighted by molar-refractivity contribution is 0.234. The van der Waals surface area contributed by atoms with Gasteiger partial charge in [0, 0.05) is 37.7 Å². The summed E-state index contributed by atoms with van der Waals surface area (Å²) >= 11 is 0. The molecule has 0 atom stereocenters. The molecule has 1 N–H and O–H groups in total. The van der Waals surface area contributed by atoms with Gasteiger partial charge in [0.25, 0.3) is 5.56 Å². The zero-order chi connectivity index (χ0) is 18.9. The number of nitrogens with one attached hydrogen (secondary N) is 1. The smallest absolute Gasteiger partial charge is 0.255 e. The Balaban J connectivity index is 1.35. The lowest BCUT2D eigenvalue weighted by atomic mass is 10.1. The summed E-state index contributed by atoms with van der Waals surface area (Å²) in [6, 6.07) is 15.2. The van der Waals surface area contributed by atoms with Gasteiger partial charge < -0.3 is 13.9 Å². The molecule has 1 aromatic carbocycles. The van der Waals surface area contributed by atoms with E-state index in [-0.39, 0.29) is 5.56 Å². The third kappa shape index (κ3) is 3.16. The Labute approximate surface area is 160 Å². The van der Waals surface area contributed by atoms with E-state index in [4.69, 9.17) is 13.9 Å². The summed E-state index contributed by atoms with van der Waals surface area (Å²) in [5.41, 5.74) is 3.24. The van der Waals surface area contributed by atoms with Gasteiger partial charge in [-0.15, -0.1) is 0 Å². The van der Waals surface area contributed by atoms with Crippen molar-refractivity contribution in [3.8, 4) is 22.9 Å². The number of furan rings is 1. The first kappa shape index (κ1) is 16.7. The molecule has 1 aliphatic rings. The maximum Gasteiger partial charge on any atom is 0.255 e. The summed E-state index contributed by atoms with van der Waals surface area (Å²) in [6.07, 6.45) is 2.32. The zero-order valence-corrected chi connectivity index (χ0v) is 15.1. The number of hydrogen-bond donors (Lipinski definition) is 1. The Bertz CT molecular complexity index is 1150. The van der Waals surface area contributed by atoms with E-state index in [2.05, 4.69) is 15.0 Å². The van der Waals surface area contributed by atoms with E-state index in [1.807, 2.05) is 48.5 Å². The average molecular weight is 374 g/mol. The van der Waals surface area contributed by atoms with Gasteiger partial charge in [-0.05, 0) is 12.1 Å². The predicted molar refractivity (Wildman–Crippen MR) is 102 cm³/mol. The van der Waals surface area contributed by atoms with Crippen molar-refractivity contribution in [2.45, 2.75) is 19.5 Å². The van der Waals surface area contributed by atoms with Gasteiger partial charge in [-0.2, -0.15) is 0 Å². The van der Waals surface area contributed by atoms with Gasteiger partial charge in [0.2, 0.25) is 5.76 Å². The van der Waals surface area contributed by atoms with E-state index in [1.54, 1.807) is 6.26 Å². The van der Waals surface area contributed by atoms with Crippen molar-refractivity contribution in [1.82, 2.24) is 20.0 Å². The lowest BCUT2D eigenvalue weighted by Crippen LogP contribution is -2.35. The molecule has 1 aliphatic heterocycles. The van der Waals surface area contributed by atoms with Crippen LogP contribution in [0.1, 0.15) is 17.0 Å². The van der Waals surface area contributed by atoms with Crippen LogP contribution in [0.3, 0.4) is 0 Å². The molecule has 0 amide bonds. The van der Waals surface area contributed by atoms with Crippen LogP contribution in [0.5, 0.6) is 0 Å². The van der Waals surface area contributed by atoms with Crippen LogP contribution in [0.2, 0.25) is 0 Å². The van der Waals surface area contributed by atoms with Gasteiger partial charge in [0.05, 0.1) is 23.2 Å². The molecular weight excluding hydrogens is 356 g/mol. The van der Waals surface area contributed by atoms with Crippen molar-refractivity contribution >= 4 is 0 Å². The van der Waals surface area contributed by atoms with Crippen LogP contribution in [0.4, 0.5) is 0 Å². The number of hydrogen-bond acceptors (Lipinski definition) is 6. The van der Waals surface area contributed by atoms with Crippen LogP contribution in [-0.4, -0.2) is 26.6 Å². The summed E-state index contributed by atoms with van der Waals surface area (Å²) in [7, 11) is 0. The molecular formula is C21H18N4O3. The molecule has 0 saturated carbocycles. The molecule has 0 bridgehead atoms. The van der Waals surface area contributed by atoms with Gasteiger partial charge in [-0.25, -0.2) is 4.98 Å². The second kappa shape index (κ2) is 6.94. The first-order valence-electron chi connectivity index (χ1n) is 9.15. The van der Waals surface area contributed by atoms with Gasteiger partial charge in [0.15, 0.2) is 5.76 Å². The number of nitrogens with zero attached hydrogens (tertiary/aromatic N) is 3. The highest BCUT2D eigenvalue weighted by atomic mass is 16.5. The minimum absolute atomic E-state index is 0.0787. The third-order valence-corrected chi connectivity index (χ3v) is 4.90. The maximum atomic E-state index is 12.6. The number of H-pyrrole nitrogens is 1. The number of benzene rings is 1. The molecule has 3 aromatic heterocycles. The fourth-order valence-corrected chi connectivity index (χ4v) is 3.50. The molecule has 5 rings (SSSR count). The Morgan fingerprint density at radius 2 is 2.00 bits per heavy atom.